The zero-order valence-corrected chi connectivity index (χ0v) is 16.4. The standard InChI is InChI=1S/C12H16O.C7H9N.C4H8/c1-3-4-5-11-6-8-12(9-7-11)10(2)13;1-6-2-4-7(8)5-3-6;1-4(2)3/h6-9H,3-5H2,1-2H3;2-5H,8H2,1H3;1H2,2-3H3. The van der Waals surface area contributed by atoms with Crippen molar-refractivity contribution in [3.8, 4) is 0 Å². The van der Waals surface area contributed by atoms with Gasteiger partial charge in [-0.15, -0.1) is 6.58 Å². The monoisotopic (exact) mass is 339 g/mol. The fourth-order valence-electron chi connectivity index (χ4n) is 1.85. The van der Waals surface area contributed by atoms with Gasteiger partial charge >= 0.3 is 0 Å². The molecular formula is C23H33NO. The van der Waals surface area contributed by atoms with Crippen LogP contribution in [0.15, 0.2) is 60.7 Å². The van der Waals surface area contributed by atoms with Crippen LogP contribution < -0.4 is 5.73 Å². The van der Waals surface area contributed by atoms with Crippen LogP contribution in [0.5, 0.6) is 0 Å². The Morgan fingerprint density at radius 3 is 1.80 bits per heavy atom. The predicted octanol–water partition coefficient (Wildman–Crippen LogP) is 6.39. The lowest BCUT2D eigenvalue weighted by molar-refractivity contribution is 0.101. The van der Waals surface area contributed by atoms with Gasteiger partial charge in [-0.1, -0.05) is 60.9 Å². The molecule has 2 aromatic rings. The Kier molecular flexibility index (Phi) is 11.8. The lowest BCUT2D eigenvalue weighted by Gasteiger charge is -2.00. The molecule has 2 heteroatoms. The number of allylic oxidation sites excluding steroid dienone is 1. The minimum absolute atomic E-state index is 0.141. The summed E-state index contributed by atoms with van der Waals surface area (Å²) in [5.74, 6) is 0.141. The smallest absolute Gasteiger partial charge is 0.159 e. The van der Waals surface area contributed by atoms with Crippen LogP contribution in [0.2, 0.25) is 0 Å². The molecule has 0 aliphatic carbocycles. The van der Waals surface area contributed by atoms with Gasteiger partial charge in [0.25, 0.3) is 0 Å². The predicted molar refractivity (Wildman–Crippen MR) is 111 cm³/mol. The van der Waals surface area contributed by atoms with E-state index in [0.29, 0.717) is 0 Å². The molecule has 0 spiro atoms. The van der Waals surface area contributed by atoms with Crippen molar-refractivity contribution in [2.75, 3.05) is 5.73 Å². The second-order valence-electron chi connectivity index (χ2n) is 6.47. The van der Waals surface area contributed by atoms with E-state index >= 15 is 0 Å². The van der Waals surface area contributed by atoms with Gasteiger partial charge in [0.05, 0.1) is 0 Å². The van der Waals surface area contributed by atoms with E-state index in [-0.39, 0.29) is 5.78 Å². The van der Waals surface area contributed by atoms with E-state index in [2.05, 4.69) is 13.5 Å². The third-order valence-corrected chi connectivity index (χ3v) is 3.26. The van der Waals surface area contributed by atoms with Crippen LogP contribution in [0.3, 0.4) is 0 Å². The summed E-state index contributed by atoms with van der Waals surface area (Å²) in [6.45, 7) is 13.3. The topological polar surface area (TPSA) is 43.1 Å². The quantitative estimate of drug-likeness (QED) is 0.398. The molecule has 0 atom stereocenters. The average molecular weight is 340 g/mol. The molecule has 25 heavy (non-hydrogen) atoms. The zero-order valence-electron chi connectivity index (χ0n) is 16.4. The van der Waals surface area contributed by atoms with E-state index in [4.69, 9.17) is 5.73 Å². The van der Waals surface area contributed by atoms with Gasteiger partial charge in [0.1, 0.15) is 0 Å². The fraction of sp³-hybridized carbons (Fsp3) is 0.348. The summed E-state index contributed by atoms with van der Waals surface area (Å²) < 4.78 is 0. The van der Waals surface area contributed by atoms with E-state index in [0.717, 1.165) is 17.7 Å². The van der Waals surface area contributed by atoms with E-state index < -0.39 is 0 Å². The molecule has 0 aromatic heterocycles. The van der Waals surface area contributed by atoms with Crippen molar-refractivity contribution in [3.05, 3.63) is 77.4 Å². The Bertz CT molecular complexity index is 599. The SMILES string of the molecule is C=C(C)C.CCCCc1ccc(C(C)=O)cc1.Cc1ccc(N)cc1. The van der Waals surface area contributed by atoms with Gasteiger partial charge in [0.15, 0.2) is 5.78 Å². The molecule has 136 valence electrons. The first kappa shape index (κ1) is 22.6. The summed E-state index contributed by atoms with van der Waals surface area (Å²) in [7, 11) is 0. The lowest BCUT2D eigenvalue weighted by Crippen LogP contribution is -1.92. The molecule has 0 saturated carbocycles. The van der Waals surface area contributed by atoms with Gasteiger partial charge < -0.3 is 5.73 Å². The molecule has 0 fully saturated rings. The normalized spacial score (nSPS) is 9.16. The van der Waals surface area contributed by atoms with Crippen LogP contribution in [0.1, 0.15) is 62.0 Å². The number of nitrogens with two attached hydrogens (primary N) is 1. The Balaban J connectivity index is 0.000000407. The van der Waals surface area contributed by atoms with Crippen LogP contribution in [0.25, 0.3) is 0 Å². The molecule has 2 aromatic carbocycles. The Labute approximate surface area is 153 Å². The summed E-state index contributed by atoms with van der Waals surface area (Å²) in [5.41, 5.74) is 10.8. The maximum atomic E-state index is 11.0. The van der Waals surface area contributed by atoms with Gasteiger partial charge in [-0.2, -0.15) is 0 Å². The van der Waals surface area contributed by atoms with Crippen LogP contribution in [-0.2, 0) is 6.42 Å². The van der Waals surface area contributed by atoms with E-state index in [9.17, 15) is 4.79 Å². The number of ketones is 1. The van der Waals surface area contributed by atoms with Crippen LogP contribution in [-0.4, -0.2) is 5.78 Å². The number of aryl methyl sites for hydroxylation is 2. The molecule has 0 heterocycles. The summed E-state index contributed by atoms with van der Waals surface area (Å²) >= 11 is 0. The van der Waals surface area contributed by atoms with Crippen molar-refractivity contribution in [1.29, 1.82) is 0 Å². The number of unbranched alkanes of at least 4 members (excludes halogenated alkanes) is 1. The van der Waals surface area contributed by atoms with Crippen molar-refractivity contribution < 1.29 is 4.79 Å². The number of Topliss-reactive ketones (excluding diaryl/α,β-unsaturated/α-hetero) is 1. The third-order valence-electron chi connectivity index (χ3n) is 3.26. The summed E-state index contributed by atoms with van der Waals surface area (Å²) in [6, 6.07) is 15.7. The largest absolute Gasteiger partial charge is 0.399 e. The molecule has 0 radical (unpaired) electrons. The molecular weight excluding hydrogens is 306 g/mol. The van der Waals surface area contributed by atoms with Crippen molar-refractivity contribution in [1.82, 2.24) is 0 Å². The number of anilines is 1. The second-order valence-corrected chi connectivity index (χ2v) is 6.47. The van der Waals surface area contributed by atoms with Crippen molar-refractivity contribution in [3.63, 3.8) is 0 Å². The molecule has 2 nitrogen and oxygen atoms in total. The van der Waals surface area contributed by atoms with Crippen molar-refractivity contribution >= 4 is 11.5 Å². The number of hydrogen-bond acceptors (Lipinski definition) is 2. The molecule has 0 aliphatic heterocycles. The maximum Gasteiger partial charge on any atom is 0.159 e. The summed E-state index contributed by atoms with van der Waals surface area (Å²) in [5, 5.41) is 0. The first-order chi connectivity index (χ1) is 11.8. The number of hydrogen-bond donors (Lipinski definition) is 1. The second kappa shape index (κ2) is 13.0. The van der Waals surface area contributed by atoms with E-state index in [1.165, 1.54) is 29.5 Å². The molecule has 0 unspecified atom stereocenters. The number of benzene rings is 2. The highest BCUT2D eigenvalue weighted by atomic mass is 16.1. The molecule has 2 N–H and O–H groups in total. The van der Waals surface area contributed by atoms with E-state index in [1.54, 1.807) is 6.92 Å². The minimum Gasteiger partial charge on any atom is -0.399 e. The highest BCUT2D eigenvalue weighted by Crippen LogP contribution is 2.08. The number of carbonyl (C=O) groups excluding carboxylic acids is 1. The average Bonchev–Trinajstić information content (AvgIpc) is 2.56. The van der Waals surface area contributed by atoms with E-state index in [1.807, 2.05) is 69.3 Å². The summed E-state index contributed by atoms with van der Waals surface area (Å²) in [4.78, 5) is 11.0. The minimum atomic E-state index is 0.141. The molecule has 2 rings (SSSR count). The molecule has 0 bridgehead atoms. The van der Waals surface area contributed by atoms with Crippen molar-refractivity contribution in [2.24, 2.45) is 0 Å². The highest BCUT2D eigenvalue weighted by Gasteiger charge is 1.98. The Morgan fingerprint density at radius 2 is 1.44 bits per heavy atom. The van der Waals surface area contributed by atoms with Gasteiger partial charge in [0, 0.05) is 11.3 Å². The number of nitrogen functional groups attached to an aromatic ring is 1. The van der Waals surface area contributed by atoms with Gasteiger partial charge in [-0.05, 0) is 58.2 Å². The maximum absolute atomic E-state index is 11.0. The lowest BCUT2D eigenvalue weighted by atomic mass is 10.1. The molecule has 0 saturated heterocycles. The highest BCUT2D eigenvalue weighted by molar-refractivity contribution is 5.93. The first-order valence-corrected chi connectivity index (χ1v) is 8.80. The van der Waals surface area contributed by atoms with Crippen LogP contribution in [0.4, 0.5) is 5.69 Å². The Hall–Kier alpha value is -2.35. The fourth-order valence-corrected chi connectivity index (χ4v) is 1.85. The number of rotatable bonds is 4. The number of carbonyl (C=O) groups is 1. The van der Waals surface area contributed by atoms with Gasteiger partial charge in [0.2, 0.25) is 0 Å². The first-order valence-electron chi connectivity index (χ1n) is 8.80. The summed E-state index contributed by atoms with van der Waals surface area (Å²) in [6.07, 6.45) is 3.56. The van der Waals surface area contributed by atoms with Crippen LogP contribution >= 0.6 is 0 Å². The third kappa shape index (κ3) is 12.7. The van der Waals surface area contributed by atoms with Gasteiger partial charge in [-0.25, -0.2) is 0 Å². The molecule has 0 aliphatic rings. The van der Waals surface area contributed by atoms with Crippen molar-refractivity contribution in [2.45, 2.75) is 53.9 Å². The zero-order chi connectivity index (χ0) is 19.2. The molecule has 0 amide bonds. The van der Waals surface area contributed by atoms with Crippen LogP contribution in [0, 0.1) is 6.92 Å². The van der Waals surface area contributed by atoms with Gasteiger partial charge in [-0.3, -0.25) is 4.79 Å². The Morgan fingerprint density at radius 1 is 0.960 bits per heavy atom.